The number of anilines is 2. The molecule has 0 amide bonds. The molecule has 0 aliphatic rings. The molecule has 4 nitrogen and oxygen atoms in total. The number of nitrogens with one attached hydrogen (secondary N) is 1. The Morgan fingerprint density at radius 1 is 1.14 bits per heavy atom. The zero-order valence-corrected chi connectivity index (χ0v) is 7.91. The first-order valence-electron chi connectivity index (χ1n) is 4.35. The highest BCUT2D eigenvalue weighted by molar-refractivity contribution is 5.65. The fourth-order valence-corrected chi connectivity index (χ4v) is 1.41. The lowest BCUT2D eigenvalue weighted by Gasteiger charge is -1.98. The molecule has 14 heavy (non-hydrogen) atoms. The summed E-state index contributed by atoms with van der Waals surface area (Å²) in [6.07, 6.45) is 0. The largest absolute Gasteiger partial charge is 0.399 e. The molecule has 0 unspecified atom stereocenters. The summed E-state index contributed by atoms with van der Waals surface area (Å²) in [5, 5.41) is 0. The minimum Gasteiger partial charge on any atom is -0.399 e. The number of aryl methyl sites for hydroxylation is 1. The first-order chi connectivity index (χ1) is 6.66. The maximum absolute atomic E-state index is 5.60. The smallest absolute Gasteiger partial charge is 0.198 e. The third kappa shape index (κ3) is 1.42. The Morgan fingerprint density at radius 2 is 1.79 bits per heavy atom. The molecule has 4 heteroatoms. The van der Waals surface area contributed by atoms with Gasteiger partial charge in [-0.15, -0.1) is 0 Å². The number of H-pyrrole nitrogens is 1. The summed E-state index contributed by atoms with van der Waals surface area (Å²) in [4.78, 5) is 7.15. The number of aromatic amines is 1. The van der Waals surface area contributed by atoms with Gasteiger partial charge in [0.2, 0.25) is 0 Å². The summed E-state index contributed by atoms with van der Waals surface area (Å²) in [6.45, 7) is 1.94. The summed E-state index contributed by atoms with van der Waals surface area (Å²) in [5.74, 6) is 0.439. The highest BCUT2D eigenvalue weighted by atomic mass is 15.0. The lowest BCUT2D eigenvalue weighted by atomic mass is 10.1. The molecule has 1 aromatic heterocycles. The maximum Gasteiger partial charge on any atom is 0.198 e. The highest BCUT2D eigenvalue weighted by Crippen LogP contribution is 2.22. The Balaban J connectivity index is 2.49. The normalized spacial score (nSPS) is 10.4. The van der Waals surface area contributed by atoms with Crippen LogP contribution < -0.4 is 11.5 Å². The van der Waals surface area contributed by atoms with Gasteiger partial charge in [0.25, 0.3) is 0 Å². The van der Waals surface area contributed by atoms with Crippen LogP contribution in [0.2, 0.25) is 0 Å². The molecule has 0 saturated heterocycles. The Morgan fingerprint density at radius 3 is 2.29 bits per heavy atom. The van der Waals surface area contributed by atoms with E-state index >= 15 is 0 Å². The molecule has 0 aliphatic heterocycles. The van der Waals surface area contributed by atoms with Crippen LogP contribution in [0.15, 0.2) is 24.3 Å². The fourth-order valence-electron chi connectivity index (χ4n) is 1.41. The number of hydrogen-bond donors (Lipinski definition) is 3. The molecule has 0 radical (unpaired) electrons. The molecule has 72 valence electrons. The van der Waals surface area contributed by atoms with E-state index in [0.717, 1.165) is 22.6 Å². The van der Waals surface area contributed by atoms with Crippen LogP contribution in [-0.2, 0) is 0 Å². The van der Waals surface area contributed by atoms with Gasteiger partial charge in [0.15, 0.2) is 5.95 Å². The van der Waals surface area contributed by atoms with Gasteiger partial charge in [-0.05, 0) is 19.1 Å². The Hall–Kier alpha value is -1.97. The topological polar surface area (TPSA) is 80.7 Å². The summed E-state index contributed by atoms with van der Waals surface area (Å²) < 4.78 is 0. The van der Waals surface area contributed by atoms with Crippen molar-refractivity contribution in [3.63, 3.8) is 0 Å². The average Bonchev–Trinajstić information content (AvgIpc) is 2.47. The maximum atomic E-state index is 5.60. The molecular formula is C10H12N4. The van der Waals surface area contributed by atoms with Crippen molar-refractivity contribution in [3.05, 3.63) is 30.0 Å². The lowest BCUT2D eigenvalue weighted by Crippen LogP contribution is -1.86. The number of aromatic nitrogens is 2. The number of nitrogen functional groups attached to an aromatic ring is 2. The van der Waals surface area contributed by atoms with Gasteiger partial charge in [0.1, 0.15) is 0 Å². The zero-order valence-electron chi connectivity index (χ0n) is 7.91. The van der Waals surface area contributed by atoms with Gasteiger partial charge in [0.05, 0.1) is 5.69 Å². The quantitative estimate of drug-likeness (QED) is 0.594. The number of benzene rings is 1. The van der Waals surface area contributed by atoms with Crippen molar-refractivity contribution in [2.24, 2.45) is 0 Å². The van der Waals surface area contributed by atoms with E-state index in [0.29, 0.717) is 5.95 Å². The van der Waals surface area contributed by atoms with Crippen molar-refractivity contribution >= 4 is 11.6 Å². The van der Waals surface area contributed by atoms with Crippen LogP contribution in [0.25, 0.3) is 11.3 Å². The summed E-state index contributed by atoms with van der Waals surface area (Å²) in [7, 11) is 0. The van der Waals surface area contributed by atoms with Crippen LogP contribution in [-0.4, -0.2) is 9.97 Å². The number of nitrogens with zero attached hydrogens (tertiary/aromatic N) is 1. The first kappa shape index (κ1) is 8.62. The van der Waals surface area contributed by atoms with Gasteiger partial charge in [-0.25, -0.2) is 4.98 Å². The van der Waals surface area contributed by atoms with Crippen LogP contribution in [0, 0.1) is 6.92 Å². The van der Waals surface area contributed by atoms with Crippen molar-refractivity contribution in [3.8, 4) is 11.3 Å². The Kier molecular flexibility index (Phi) is 1.89. The summed E-state index contributed by atoms with van der Waals surface area (Å²) in [6, 6.07) is 7.55. The van der Waals surface area contributed by atoms with E-state index in [-0.39, 0.29) is 0 Å². The second kappa shape index (κ2) is 3.06. The molecule has 0 fully saturated rings. The van der Waals surface area contributed by atoms with E-state index in [4.69, 9.17) is 11.5 Å². The molecule has 2 rings (SSSR count). The Bertz CT molecular complexity index is 442. The molecule has 0 spiro atoms. The van der Waals surface area contributed by atoms with Gasteiger partial charge in [0, 0.05) is 16.9 Å². The monoisotopic (exact) mass is 188 g/mol. The van der Waals surface area contributed by atoms with Gasteiger partial charge >= 0.3 is 0 Å². The van der Waals surface area contributed by atoms with Crippen molar-refractivity contribution in [2.75, 3.05) is 11.5 Å². The van der Waals surface area contributed by atoms with Crippen LogP contribution >= 0.6 is 0 Å². The van der Waals surface area contributed by atoms with Gasteiger partial charge in [-0.3, -0.25) is 0 Å². The average molecular weight is 188 g/mol. The van der Waals surface area contributed by atoms with E-state index < -0.39 is 0 Å². The molecule has 1 heterocycles. The second-order valence-corrected chi connectivity index (χ2v) is 3.22. The minimum atomic E-state index is 0.439. The van der Waals surface area contributed by atoms with E-state index in [1.54, 1.807) is 0 Å². The molecule has 0 aliphatic carbocycles. The van der Waals surface area contributed by atoms with E-state index in [9.17, 15) is 0 Å². The number of imidazole rings is 1. The van der Waals surface area contributed by atoms with Gasteiger partial charge in [-0.2, -0.15) is 0 Å². The molecular weight excluding hydrogens is 176 g/mol. The molecule has 0 bridgehead atoms. The summed E-state index contributed by atoms with van der Waals surface area (Å²) in [5.41, 5.74) is 14.8. The van der Waals surface area contributed by atoms with Crippen LogP contribution in [0.5, 0.6) is 0 Å². The molecule has 0 saturated carbocycles. The predicted molar refractivity (Wildman–Crippen MR) is 57.6 cm³/mol. The van der Waals surface area contributed by atoms with Crippen LogP contribution in [0.3, 0.4) is 0 Å². The SMILES string of the molecule is Cc1[nH]c(N)nc1-c1ccc(N)cc1. The van der Waals surface area contributed by atoms with Crippen molar-refractivity contribution < 1.29 is 0 Å². The highest BCUT2D eigenvalue weighted by Gasteiger charge is 2.06. The van der Waals surface area contributed by atoms with Crippen molar-refractivity contribution in [1.29, 1.82) is 0 Å². The Labute approximate surface area is 82.0 Å². The summed E-state index contributed by atoms with van der Waals surface area (Å²) >= 11 is 0. The number of hydrogen-bond acceptors (Lipinski definition) is 3. The number of rotatable bonds is 1. The van der Waals surface area contributed by atoms with E-state index in [1.807, 2.05) is 31.2 Å². The van der Waals surface area contributed by atoms with Crippen molar-refractivity contribution in [1.82, 2.24) is 9.97 Å². The second-order valence-electron chi connectivity index (χ2n) is 3.22. The third-order valence-corrected chi connectivity index (χ3v) is 2.09. The third-order valence-electron chi connectivity index (χ3n) is 2.09. The molecule has 5 N–H and O–H groups in total. The minimum absolute atomic E-state index is 0.439. The molecule has 2 aromatic rings. The van der Waals surface area contributed by atoms with E-state index in [1.165, 1.54) is 0 Å². The zero-order chi connectivity index (χ0) is 10.1. The predicted octanol–water partition coefficient (Wildman–Crippen LogP) is 1.55. The lowest BCUT2D eigenvalue weighted by molar-refractivity contribution is 1.26. The van der Waals surface area contributed by atoms with Crippen LogP contribution in [0.1, 0.15) is 5.69 Å². The van der Waals surface area contributed by atoms with Crippen LogP contribution in [0.4, 0.5) is 11.6 Å². The van der Waals surface area contributed by atoms with Gasteiger partial charge in [-0.1, -0.05) is 12.1 Å². The van der Waals surface area contributed by atoms with Gasteiger partial charge < -0.3 is 16.5 Å². The first-order valence-corrected chi connectivity index (χ1v) is 4.35. The molecule has 1 aromatic carbocycles. The molecule has 0 atom stereocenters. The van der Waals surface area contributed by atoms with E-state index in [2.05, 4.69) is 9.97 Å². The standard InChI is InChI=1S/C10H12N4/c1-6-9(14-10(12)13-6)7-2-4-8(11)5-3-7/h2-5H,11H2,1H3,(H3,12,13,14). The number of nitrogens with two attached hydrogens (primary N) is 2. The fraction of sp³-hybridized carbons (Fsp3) is 0.100. The van der Waals surface area contributed by atoms with Crippen molar-refractivity contribution in [2.45, 2.75) is 6.92 Å².